The van der Waals surface area contributed by atoms with Crippen LogP contribution in [0.15, 0.2) is 0 Å². The van der Waals surface area contributed by atoms with E-state index in [0.29, 0.717) is 12.0 Å². The van der Waals surface area contributed by atoms with Crippen molar-refractivity contribution in [1.82, 2.24) is 5.32 Å². The van der Waals surface area contributed by atoms with E-state index in [1.165, 1.54) is 38.5 Å². The van der Waals surface area contributed by atoms with Crippen LogP contribution in [0.5, 0.6) is 0 Å². The SMILES string of the molecule is CCOC1(C(NC)C2CCOC2)CCCCC1. The van der Waals surface area contributed by atoms with E-state index in [0.717, 1.165) is 19.8 Å². The lowest BCUT2D eigenvalue weighted by atomic mass is 9.74. The van der Waals surface area contributed by atoms with Gasteiger partial charge in [-0.15, -0.1) is 0 Å². The standard InChI is InChI=1S/C14H27NO2/c1-3-17-14(8-5-4-6-9-14)13(15-2)12-7-10-16-11-12/h12-13,15H,3-11H2,1-2H3. The van der Waals surface area contributed by atoms with E-state index in [1.54, 1.807) is 0 Å². The van der Waals surface area contributed by atoms with Gasteiger partial charge in [-0.05, 0) is 33.2 Å². The number of likely N-dealkylation sites (N-methyl/N-ethyl adjacent to an activating group) is 1. The molecule has 3 heteroatoms. The molecule has 0 amide bonds. The minimum absolute atomic E-state index is 0.0696. The Labute approximate surface area is 105 Å². The molecule has 0 aromatic carbocycles. The Bertz CT molecular complexity index is 215. The Kier molecular flexibility index (Phi) is 4.83. The Balaban J connectivity index is 2.10. The van der Waals surface area contributed by atoms with Crippen LogP contribution in [0.1, 0.15) is 45.4 Å². The summed E-state index contributed by atoms with van der Waals surface area (Å²) in [6.45, 7) is 4.77. The van der Waals surface area contributed by atoms with E-state index in [1.807, 2.05) is 0 Å². The third-order valence-electron chi connectivity index (χ3n) is 4.45. The molecule has 1 N–H and O–H groups in total. The van der Waals surface area contributed by atoms with Gasteiger partial charge in [0.1, 0.15) is 0 Å². The number of rotatable bonds is 5. The molecule has 17 heavy (non-hydrogen) atoms. The maximum Gasteiger partial charge on any atom is 0.0838 e. The van der Waals surface area contributed by atoms with Gasteiger partial charge in [0, 0.05) is 25.2 Å². The third kappa shape index (κ3) is 2.83. The van der Waals surface area contributed by atoms with Crippen LogP contribution in [-0.2, 0) is 9.47 Å². The van der Waals surface area contributed by atoms with Crippen LogP contribution in [0.2, 0.25) is 0 Å². The predicted octanol–water partition coefficient (Wildman–Crippen LogP) is 2.35. The van der Waals surface area contributed by atoms with Crippen molar-refractivity contribution in [3.63, 3.8) is 0 Å². The number of hydrogen-bond donors (Lipinski definition) is 1. The summed E-state index contributed by atoms with van der Waals surface area (Å²) in [5.41, 5.74) is 0.0696. The van der Waals surface area contributed by atoms with Crippen LogP contribution < -0.4 is 5.32 Å². The largest absolute Gasteiger partial charge is 0.381 e. The molecule has 0 bridgehead atoms. The number of nitrogens with one attached hydrogen (secondary N) is 1. The smallest absolute Gasteiger partial charge is 0.0838 e. The van der Waals surface area contributed by atoms with Crippen LogP contribution in [-0.4, -0.2) is 38.5 Å². The second-order valence-electron chi connectivity index (χ2n) is 5.45. The molecule has 1 aliphatic heterocycles. The summed E-state index contributed by atoms with van der Waals surface area (Å²) in [5, 5.41) is 3.53. The van der Waals surface area contributed by atoms with Crippen molar-refractivity contribution in [3.05, 3.63) is 0 Å². The molecule has 3 nitrogen and oxygen atoms in total. The topological polar surface area (TPSA) is 30.5 Å². The third-order valence-corrected chi connectivity index (χ3v) is 4.45. The summed E-state index contributed by atoms with van der Waals surface area (Å²) in [6, 6.07) is 0.463. The highest BCUT2D eigenvalue weighted by Crippen LogP contribution is 2.38. The van der Waals surface area contributed by atoms with Crippen molar-refractivity contribution < 1.29 is 9.47 Å². The molecule has 1 saturated heterocycles. The van der Waals surface area contributed by atoms with E-state index in [9.17, 15) is 0 Å². The molecule has 100 valence electrons. The summed E-state index contributed by atoms with van der Waals surface area (Å²) in [7, 11) is 2.08. The van der Waals surface area contributed by atoms with Crippen molar-refractivity contribution in [2.45, 2.75) is 57.1 Å². The van der Waals surface area contributed by atoms with Crippen molar-refractivity contribution in [2.75, 3.05) is 26.9 Å². The normalized spacial score (nSPS) is 30.4. The molecule has 0 aromatic heterocycles. The predicted molar refractivity (Wildman–Crippen MR) is 69.2 cm³/mol. The van der Waals surface area contributed by atoms with Gasteiger partial charge in [-0.2, -0.15) is 0 Å². The first-order chi connectivity index (χ1) is 8.32. The first-order valence-corrected chi connectivity index (χ1v) is 7.21. The minimum atomic E-state index is 0.0696. The molecule has 1 heterocycles. The lowest BCUT2D eigenvalue weighted by Gasteiger charge is -2.45. The molecule has 2 rings (SSSR count). The zero-order chi connectivity index (χ0) is 12.1. The molecular formula is C14H27NO2. The van der Waals surface area contributed by atoms with Crippen molar-refractivity contribution in [3.8, 4) is 0 Å². The molecule has 2 unspecified atom stereocenters. The highest BCUT2D eigenvalue weighted by molar-refractivity contribution is 4.99. The molecule has 2 atom stereocenters. The summed E-state index contributed by atoms with van der Waals surface area (Å²) in [5.74, 6) is 0.629. The second-order valence-corrected chi connectivity index (χ2v) is 5.45. The van der Waals surface area contributed by atoms with E-state index in [2.05, 4.69) is 19.3 Å². The van der Waals surface area contributed by atoms with Crippen molar-refractivity contribution in [1.29, 1.82) is 0 Å². The molecule has 1 saturated carbocycles. The summed E-state index contributed by atoms with van der Waals surface area (Å²) in [6.07, 6.45) is 7.59. The zero-order valence-electron chi connectivity index (χ0n) is 11.3. The van der Waals surface area contributed by atoms with Gasteiger partial charge in [0.25, 0.3) is 0 Å². The molecule has 1 aliphatic carbocycles. The maximum absolute atomic E-state index is 6.22. The highest BCUT2D eigenvalue weighted by atomic mass is 16.5. The fourth-order valence-corrected chi connectivity index (χ4v) is 3.73. The fourth-order valence-electron chi connectivity index (χ4n) is 3.73. The highest BCUT2D eigenvalue weighted by Gasteiger charge is 2.44. The zero-order valence-corrected chi connectivity index (χ0v) is 11.3. The molecule has 0 radical (unpaired) electrons. The Morgan fingerprint density at radius 3 is 2.65 bits per heavy atom. The van der Waals surface area contributed by atoms with Crippen LogP contribution in [0.3, 0.4) is 0 Å². The van der Waals surface area contributed by atoms with Gasteiger partial charge in [0.2, 0.25) is 0 Å². The van der Waals surface area contributed by atoms with Gasteiger partial charge in [0.15, 0.2) is 0 Å². The summed E-state index contributed by atoms with van der Waals surface area (Å²) in [4.78, 5) is 0. The molecule has 2 fully saturated rings. The summed E-state index contributed by atoms with van der Waals surface area (Å²) >= 11 is 0. The quantitative estimate of drug-likeness (QED) is 0.801. The Morgan fingerprint density at radius 2 is 2.12 bits per heavy atom. The van der Waals surface area contributed by atoms with E-state index >= 15 is 0 Å². The van der Waals surface area contributed by atoms with Gasteiger partial charge in [-0.3, -0.25) is 0 Å². The van der Waals surface area contributed by atoms with E-state index < -0.39 is 0 Å². The van der Waals surface area contributed by atoms with E-state index in [4.69, 9.17) is 9.47 Å². The lowest BCUT2D eigenvalue weighted by molar-refractivity contribution is -0.101. The second kappa shape index (κ2) is 6.17. The van der Waals surface area contributed by atoms with Crippen molar-refractivity contribution in [2.24, 2.45) is 5.92 Å². The van der Waals surface area contributed by atoms with Crippen LogP contribution >= 0.6 is 0 Å². The first-order valence-electron chi connectivity index (χ1n) is 7.21. The van der Waals surface area contributed by atoms with Crippen LogP contribution in [0.4, 0.5) is 0 Å². The number of hydrogen-bond acceptors (Lipinski definition) is 3. The Hall–Kier alpha value is -0.120. The molecule has 2 aliphatic rings. The molecular weight excluding hydrogens is 214 g/mol. The number of ether oxygens (including phenoxy) is 2. The molecule has 0 spiro atoms. The van der Waals surface area contributed by atoms with E-state index in [-0.39, 0.29) is 5.60 Å². The van der Waals surface area contributed by atoms with Gasteiger partial charge in [0.05, 0.1) is 12.2 Å². The summed E-state index contributed by atoms with van der Waals surface area (Å²) < 4.78 is 11.8. The van der Waals surface area contributed by atoms with Gasteiger partial charge in [-0.1, -0.05) is 19.3 Å². The van der Waals surface area contributed by atoms with Crippen molar-refractivity contribution >= 4 is 0 Å². The van der Waals surface area contributed by atoms with Crippen LogP contribution in [0, 0.1) is 5.92 Å². The van der Waals surface area contributed by atoms with Gasteiger partial charge >= 0.3 is 0 Å². The lowest BCUT2D eigenvalue weighted by Crippen LogP contribution is -2.56. The molecule has 0 aromatic rings. The van der Waals surface area contributed by atoms with Crippen LogP contribution in [0.25, 0.3) is 0 Å². The van der Waals surface area contributed by atoms with Gasteiger partial charge in [-0.25, -0.2) is 0 Å². The first kappa shape index (κ1) is 13.3. The van der Waals surface area contributed by atoms with Gasteiger partial charge < -0.3 is 14.8 Å². The Morgan fingerprint density at radius 1 is 1.35 bits per heavy atom. The monoisotopic (exact) mass is 241 g/mol. The average Bonchev–Trinajstić information content (AvgIpc) is 2.85. The minimum Gasteiger partial charge on any atom is -0.381 e. The average molecular weight is 241 g/mol. The maximum atomic E-state index is 6.22. The fraction of sp³-hybridized carbons (Fsp3) is 1.00.